The van der Waals surface area contributed by atoms with Gasteiger partial charge in [0.05, 0.1) is 6.61 Å². The van der Waals surface area contributed by atoms with Crippen molar-refractivity contribution in [1.82, 2.24) is 9.88 Å². The highest BCUT2D eigenvalue weighted by Gasteiger charge is 2.36. The average Bonchev–Trinajstić information content (AvgIpc) is 3.15. The number of amides is 1. The third-order valence-corrected chi connectivity index (χ3v) is 4.96. The van der Waals surface area contributed by atoms with Crippen LogP contribution >= 0.6 is 0 Å². The van der Waals surface area contributed by atoms with E-state index in [1.165, 1.54) is 18.4 Å². The van der Waals surface area contributed by atoms with E-state index in [2.05, 4.69) is 4.98 Å². The fourth-order valence-corrected chi connectivity index (χ4v) is 3.25. The maximum absolute atomic E-state index is 13.1. The molecule has 0 saturated carbocycles. The number of nitrogens with zero attached hydrogens (tertiary/aromatic N) is 2. The minimum absolute atomic E-state index is 0.00622. The first-order valence-electron chi connectivity index (χ1n) is 8.78. The Kier molecular flexibility index (Phi) is 5.56. The van der Waals surface area contributed by atoms with Gasteiger partial charge in [-0.2, -0.15) is 0 Å². The smallest absolute Gasteiger partial charge is 0.275 e. The Bertz CT molecular complexity index is 758. The van der Waals surface area contributed by atoms with E-state index in [4.69, 9.17) is 9.15 Å². The lowest BCUT2D eigenvalue weighted by molar-refractivity contribution is 0.0248. The Morgan fingerprint density at radius 3 is 3.08 bits per heavy atom. The number of aromatic nitrogens is 1. The van der Waals surface area contributed by atoms with Gasteiger partial charge in [0.2, 0.25) is 5.89 Å². The van der Waals surface area contributed by atoms with Crippen molar-refractivity contribution in [3.8, 4) is 5.75 Å². The number of carbonyl (C=O) groups excluding carboxylic acids is 1. The third-order valence-electron chi connectivity index (χ3n) is 4.96. The molecule has 3 rings (SSSR count). The first-order valence-corrected chi connectivity index (χ1v) is 8.78. The third kappa shape index (κ3) is 4.04. The lowest BCUT2D eigenvalue weighted by atomic mass is 9.78. The summed E-state index contributed by atoms with van der Waals surface area (Å²) in [5.74, 6) is 0.0113. The molecule has 140 valence electrons. The molecule has 0 aliphatic carbocycles. The Morgan fingerprint density at radius 2 is 2.35 bits per heavy atom. The summed E-state index contributed by atoms with van der Waals surface area (Å²) in [5.41, 5.74) is -0.0197. The van der Waals surface area contributed by atoms with Gasteiger partial charge in [-0.3, -0.25) is 4.79 Å². The van der Waals surface area contributed by atoms with E-state index in [1.807, 2.05) is 6.92 Å². The highest BCUT2D eigenvalue weighted by molar-refractivity contribution is 5.92. The van der Waals surface area contributed by atoms with Crippen LogP contribution in [-0.2, 0) is 6.61 Å². The molecule has 0 spiro atoms. The molecule has 0 unspecified atom stereocenters. The number of likely N-dealkylation sites (tertiary alicyclic amines) is 1. The fraction of sp³-hybridized carbons (Fsp3) is 0.474. The van der Waals surface area contributed by atoms with Crippen LogP contribution in [0.2, 0.25) is 0 Å². The van der Waals surface area contributed by atoms with Crippen LogP contribution in [-0.4, -0.2) is 40.6 Å². The van der Waals surface area contributed by atoms with E-state index in [1.54, 1.807) is 17.0 Å². The van der Waals surface area contributed by atoms with Crippen molar-refractivity contribution in [2.45, 2.75) is 32.8 Å². The van der Waals surface area contributed by atoms with Crippen LogP contribution in [0.4, 0.5) is 4.39 Å². The molecule has 0 bridgehead atoms. The number of halogens is 1. The van der Waals surface area contributed by atoms with Crippen molar-refractivity contribution in [2.24, 2.45) is 5.41 Å². The average molecular weight is 362 g/mol. The van der Waals surface area contributed by atoms with Crippen LogP contribution < -0.4 is 4.74 Å². The van der Waals surface area contributed by atoms with Gasteiger partial charge in [0.1, 0.15) is 17.8 Å². The molecular weight excluding hydrogens is 339 g/mol. The van der Waals surface area contributed by atoms with Gasteiger partial charge in [0.15, 0.2) is 12.3 Å². The number of hydrogen-bond acceptors (Lipinski definition) is 5. The molecule has 1 aliphatic heterocycles. The quantitative estimate of drug-likeness (QED) is 0.855. The van der Waals surface area contributed by atoms with Gasteiger partial charge >= 0.3 is 0 Å². The van der Waals surface area contributed by atoms with Gasteiger partial charge in [0, 0.05) is 24.6 Å². The molecule has 1 N–H and O–H groups in total. The number of carbonyl (C=O) groups is 1. The molecule has 0 radical (unpaired) electrons. The SMILES string of the molecule is CC[C@@]1(CO)CCCN(C(=O)c2coc(COc3cccc(F)c3)n2)C1. The Balaban J connectivity index is 1.62. The second-order valence-electron chi connectivity index (χ2n) is 6.71. The molecule has 1 fully saturated rings. The predicted molar refractivity (Wildman–Crippen MR) is 92.2 cm³/mol. The van der Waals surface area contributed by atoms with Crippen LogP contribution in [0.1, 0.15) is 42.6 Å². The van der Waals surface area contributed by atoms with Gasteiger partial charge < -0.3 is 19.2 Å². The summed E-state index contributed by atoms with van der Waals surface area (Å²) in [6.45, 7) is 3.26. The maximum atomic E-state index is 13.1. The Hall–Kier alpha value is -2.41. The summed E-state index contributed by atoms with van der Waals surface area (Å²) >= 11 is 0. The standard InChI is InChI=1S/C19H23FN2O4/c1-2-19(13-23)7-4-8-22(12-19)18(24)16-10-26-17(21-16)11-25-15-6-3-5-14(20)9-15/h3,5-6,9-10,23H,2,4,7-8,11-13H2,1H3/t19-/m1/s1. The van der Waals surface area contributed by atoms with Gasteiger partial charge in [-0.15, -0.1) is 0 Å². The number of hydrogen-bond donors (Lipinski definition) is 1. The topological polar surface area (TPSA) is 75.8 Å². The number of benzene rings is 1. The molecule has 6 nitrogen and oxygen atoms in total. The van der Waals surface area contributed by atoms with E-state index in [0.717, 1.165) is 19.3 Å². The zero-order valence-corrected chi connectivity index (χ0v) is 14.8. The lowest BCUT2D eigenvalue weighted by Gasteiger charge is -2.41. The highest BCUT2D eigenvalue weighted by Crippen LogP contribution is 2.33. The van der Waals surface area contributed by atoms with Crippen molar-refractivity contribution >= 4 is 5.91 Å². The van der Waals surface area contributed by atoms with Crippen LogP contribution in [0.5, 0.6) is 5.75 Å². The summed E-state index contributed by atoms with van der Waals surface area (Å²) in [4.78, 5) is 18.6. The number of ether oxygens (including phenoxy) is 1. The summed E-state index contributed by atoms with van der Waals surface area (Å²) in [5, 5.41) is 9.70. The molecule has 1 aromatic heterocycles. The van der Waals surface area contributed by atoms with Gasteiger partial charge in [0.25, 0.3) is 5.91 Å². The van der Waals surface area contributed by atoms with Crippen molar-refractivity contribution in [3.05, 3.63) is 47.9 Å². The number of aliphatic hydroxyl groups excluding tert-OH is 1. The van der Waals surface area contributed by atoms with Crippen molar-refractivity contribution < 1.29 is 23.4 Å². The minimum atomic E-state index is -0.390. The van der Waals surface area contributed by atoms with Crippen molar-refractivity contribution in [3.63, 3.8) is 0 Å². The molecule has 1 aliphatic rings. The highest BCUT2D eigenvalue weighted by atomic mass is 19.1. The molecule has 7 heteroatoms. The van der Waals surface area contributed by atoms with Crippen LogP contribution in [0.25, 0.3) is 0 Å². The van der Waals surface area contributed by atoms with E-state index < -0.39 is 0 Å². The van der Waals surface area contributed by atoms with E-state index >= 15 is 0 Å². The summed E-state index contributed by atoms with van der Waals surface area (Å²) in [7, 11) is 0. The molecule has 2 heterocycles. The molecule has 1 saturated heterocycles. The summed E-state index contributed by atoms with van der Waals surface area (Å²) in [6, 6.07) is 5.77. The van der Waals surface area contributed by atoms with Crippen molar-refractivity contribution in [2.75, 3.05) is 19.7 Å². The van der Waals surface area contributed by atoms with E-state index in [-0.39, 0.29) is 41.9 Å². The van der Waals surface area contributed by atoms with Crippen LogP contribution in [0, 0.1) is 11.2 Å². The molecule has 2 aromatic rings. The number of rotatable bonds is 6. The number of aliphatic hydroxyl groups is 1. The number of oxazole rings is 1. The normalized spacial score (nSPS) is 20.2. The monoisotopic (exact) mass is 362 g/mol. The summed E-state index contributed by atoms with van der Waals surface area (Å²) < 4.78 is 23.9. The number of piperidine rings is 1. The Labute approximate surface area is 151 Å². The van der Waals surface area contributed by atoms with E-state index in [0.29, 0.717) is 18.8 Å². The predicted octanol–water partition coefficient (Wildman–Crippen LogP) is 3.02. The maximum Gasteiger partial charge on any atom is 0.275 e. The first kappa shape index (κ1) is 18.4. The van der Waals surface area contributed by atoms with Gasteiger partial charge in [-0.1, -0.05) is 13.0 Å². The second-order valence-corrected chi connectivity index (χ2v) is 6.71. The lowest BCUT2D eigenvalue weighted by Crippen LogP contribution is -2.47. The molecule has 1 aromatic carbocycles. The second kappa shape index (κ2) is 7.86. The zero-order chi connectivity index (χ0) is 18.6. The fourth-order valence-electron chi connectivity index (χ4n) is 3.25. The molecule has 1 amide bonds. The first-order chi connectivity index (χ1) is 12.5. The van der Waals surface area contributed by atoms with Crippen LogP contribution in [0.15, 0.2) is 34.9 Å². The Morgan fingerprint density at radius 1 is 1.50 bits per heavy atom. The molecular formula is C19H23FN2O4. The van der Waals surface area contributed by atoms with Crippen LogP contribution in [0.3, 0.4) is 0 Å². The van der Waals surface area contributed by atoms with Gasteiger partial charge in [-0.25, -0.2) is 9.37 Å². The summed E-state index contributed by atoms with van der Waals surface area (Å²) in [6.07, 6.45) is 3.90. The minimum Gasteiger partial charge on any atom is -0.484 e. The van der Waals surface area contributed by atoms with Gasteiger partial charge in [-0.05, 0) is 31.4 Å². The van der Waals surface area contributed by atoms with E-state index in [9.17, 15) is 14.3 Å². The zero-order valence-electron chi connectivity index (χ0n) is 14.8. The van der Waals surface area contributed by atoms with Crippen molar-refractivity contribution in [1.29, 1.82) is 0 Å². The largest absolute Gasteiger partial charge is 0.484 e. The molecule has 26 heavy (non-hydrogen) atoms. The molecule has 1 atom stereocenters.